The van der Waals surface area contributed by atoms with Crippen molar-refractivity contribution in [3.63, 3.8) is 0 Å². The highest BCUT2D eigenvalue weighted by Gasteiger charge is 2.10. The minimum atomic E-state index is -0.0186. The number of furan rings is 1. The van der Waals surface area contributed by atoms with Crippen LogP contribution in [0, 0.1) is 5.92 Å². The molecule has 0 aliphatic rings. The van der Waals surface area contributed by atoms with Gasteiger partial charge in [0.15, 0.2) is 5.22 Å². The number of hydrogen-bond donors (Lipinski definition) is 1. The Balaban J connectivity index is 2.44. The van der Waals surface area contributed by atoms with Crippen LogP contribution in [0.2, 0.25) is 5.22 Å². The zero-order valence-electron chi connectivity index (χ0n) is 8.09. The Bertz CT molecular complexity index is 257. The van der Waals surface area contributed by atoms with Gasteiger partial charge in [-0.2, -0.15) is 0 Å². The van der Waals surface area contributed by atoms with Crippen LogP contribution in [0.5, 0.6) is 0 Å². The smallest absolute Gasteiger partial charge is 0.193 e. The molecule has 0 fully saturated rings. The summed E-state index contributed by atoms with van der Waals surface area (Å²) in [7, 11) is 0. The second kappa shape index (κ2) is 4.68. The molecule has 74 valence electrons. The average molecular weight is 202 g/mol. The van der Waals surface area contributed by atoms with Gasteiger partial charge in [0.25, 0.3) is 0 Å². The fourth-order valence-corrected chi connectivity index (χ4v) is 1.33. The van der Waals surface area contributed by atoms with Gasteiger partial charge in [-0.15, -0.1) is 0 Å². The third-order valence-corrected chi connectivity index (χ3v) is 2.22. The molecule has 0 saturated carbocycles. The van der Waals surface area contributed by atoms with E-state index in [1.54, 1.807) is 6.07 Å². The second-order valence-electron chi connectivity index (χ2n) is 3.72. The molecular weight excluding hydrogens is 186 g/mol. The zero-order valence-corrected chi connectivity index (χ0v) is 8.84. The lowest BCUT2D eigenvalue weighted by atomic mass is 10.0. The fourth-order valence-electron chi connectivity index (χ4n) is 1.18. The Morgan fingerprint density at radius 2 is 2.08 bits per heavy atom. The molecule has 1 aromatic rings. The van der Waals surface area contributed by atoms with Crippen molar-refractivity contribution in [3.8, 4) is 0 Å². The van der Waals surface area contributed by atoms with Crippen LogP contribution < -0.4 is 5.73 Å². The van der Waals surface area contributed by atoms with Crippen molar-refractivity contribution in [1.82, 2.24) is 0 Å². The van der Waals surface area contributed by atoms with E-state index < -0.39 is 0 Å². The molecule has 0 unspecified atom stereocenters. The van der Waals surface area contributed by atoms with E-state index in [0.29, 0.717) is 11.1 Å². The maximum Gasteiger partial charge on any atom is 0.193 e. The lowest BCUT2D eigenvalue weighted by molar-refractivity contribution is 0.425. The van der Waals surface area contributed by atoms with Crippen LogP contribution in [0.25, 0.3) is 0 Å². The first-order chi connectivity index (χ1) is 6.09. The number of rotatable bonds is 4. The molecule has 0 aliphatic carbocycles. The van der Waals surface area contributed by atoms with Crippen molar-refractivity contribution in [3.05, 3.63) is 23.1 Å². The summed E-state index contributed by atoms with van der Waals surface area (Å²) in [5.74, 6) is 1.46. The van der Waals surface area contributed by atoms with Gasteiger partial charge in [0.05, 0.1) is 6.04 Å². The molecule has 3 heteroatoms. The molecule has 1 rings (SSSR count). The summed E-state index contributed by atoms with van der Waals surface area (Å²) in [6.45, 7) is 4.36. The van der Waals surface area contributed by atoms with Crippen LogP contribution in [0.15, 0.2) is 16.5 Å². The van der Waals surface area contributed by atoms with Crippen molar-refractivity contribution in [2.24, 2.45) is 11.7 Å². The topological polar surface area (TPSA) is 39.2 Å². The summed E-state index contributed by atoms with van der Waals surface area (Å²) in [4.78, 5) is 0. The first-order valence-corrected chi connectivity index (χ1v) is 4.98. The predicted molar refractivity (Wildman–Crippen MR) is 54.7 cm³/mol. The minimum absolute atomic E-state index is 0.0186. The molecule has 0 spiro atoms. The van der Waals surface area contributed by atoms with E-state index in [0.717, 1.165) is 18.6 Å². The third-order valence-electron chi connectivity index (χ3n) is 2.01. The third kappa shape index (κ3) is 3.41. The van der Waals surface area contributed by atoms with Crippen molar-refractivity contribution in [2.75, 3.05) is 0 Å². The molecule has 0 radical (unpaired) electrons. The van der Waals surface area contributed by atoms with E-state index in [2.05, 4.69) is 13.8 Å². The molecule has 0 bridgehead atoms. The van der Waals surface area contributed by atoms with Crippen LogP contribution in [0.1, 0.15) is 38.5 Å². The predicted octanol–water partition coefficient (Wildman–Crippen LogP) is 3.37. The minimum Gasteiger partial charge on any atom is -0.448 e. The standard InChI is InChI=1S/C10H16ClNO/c1-7(2)3-4-8(12)9-5-6-10(11)13-9/h5-8H,3-4,12H2,1-2H3/t8-/m0/s1. The van der Waals surface area contributed by atoms with Crippen molar-refractivity contribution >= 4 is 11.6 Å². The summed E-state index contributed by atoms with van der Waals surface area (Å²) in [5, 5.41) is 0.412. The summed E-state index contributed by atoms with van der Waals surface area (Å²) >= 11 is 5.64. The van der Waals surface area contributed by atoms with Crippen LogP contribution in [0.4, 0.5) is 0 Å². The molecule has 0 saturated heterocycles. The van der Waals surface area contributed by atoms with Crippen LogP contribution in [-0.2, 0) is 0 Å². The summed E-state index contributed by atoms with van der Waals surface area (Å²) in [6.07, 6.45) is 2.06. The maximum absolute atomic E-state index is 5.90. The molecule has 1 aromatic heterocycles. The summed E-state index contributed by atoms with van der Waals surface area (Å²) < 4.78 is 5.22. The maximum atomic E-state index is 5.90. The number of hydrogen-bond acceptors (Lipinski definition) is 2. The highest BCUT2D eigenvalue weighted by molar-refractivity contribution is 6.28. The van der Waals surface area contributed by atoms with Gasteiger partial charge in [-0.25, -0.2) is 0 Å². The van der Waals surface area contributed by atoms with E-state index >= 15 is 0 Å². The Morgan fingerprint density at radius 1 is 1.38 bits per heavy atom. The van der Waals surface area contributed by atoms with E-state index in [1.165, 1.54) is 0 Å². The largest absolute Gasteiger partial charge is 0.448 e. The van der Waals surface area contributed by atoms with Crippen molar-refractivity contribution < 1.29 is 4.42 Å². The quantitative estimate of drug-likeness (QED) is 0.812. The fraction of sp³-hybridized carbons (Fsp3) is 0.600. The molecule has 0 aliphatic heterocycles. The lowest BCUT2D eigenvalue weighted by Gasteiger charge is -2.09. The normalized spacial score (nSPS) is 13.6. The van der Waals surface area contributed by atoms with Crippen LogP contribution in [-0.4, -0.2) is 0 Å². The van der Waals surface area contributed by atoms with E-state index in [9.17, 15) is 0 Å². The number of nitrogens with two attached hydrogens (primary N) is 1. The average Bonchev–Trinajstić information content (AvgIpc) is 2.47. The zero-order chi connectivity index (χ0) is 9.84. The van der Waals surface area contributed by atoms with Gasteiger partial charge < -0.3 is 10.2 Å². The molecular formula is C10H16ClNO. The van der Waals surface area contributed by atoms with Crippen LogP contribution >= 0.6 is 11.6 Å². The highest BCUT2D eigenvalue weighted by Crippen LogP contribution is 2.22. The lowest BCUT2D eigenvalue weighted by Crippen LogP contribution is -2.10. The van der Waals surface area contributed by atoms with E-state index in [4.69, 9.17) is 21.8 Å². The Labute approximate surface area is 84.1 Å². The SMILES string of the molecule is CC(C)CC[C@H](N)c1ccc(Cl)o1. The van der Waals surface area contributed by atoms with Gasteiger partial charge in [-0.3, -0.25) is 0 Å². The summed E-state index contributed by atoms with van der Waals surface area (Å²) in [6, 6.07) is 3.55. The molecule has 0 aromatic carbocycles. The van der Waals surface area contributed by atoms with Gasteiger partial charge in [0, 0.05) is 0 Å². The van der Waals surface area contributed by atoms with Crippen molar-refractivity contribution in [1.29, 1.82) is 0 Å². The van der Waals surface area contributed by atoms with Gasteiger partial charge in [-0.05, 0) is 42.5 Å². The van der Waals surface area contributed by atoms with Gasteiger partial charge >= 0.3 is 0 Å². The molecule has 1 heterocycles. The molecule has 2 N–H and O–H groups in total. The first-order valence-electron chi connectivity index (χ1n) is 4.60. The first kappa shape index (κ1) is 10.6. The molecule has 2 nitrogen and oxygen atoms in total. The molecule has 0 amide bonds. The Morgan fingerprint density at radius 3 is 2.54 bits per heavy atom. The monoisotopic (exact) mass is 201 g/mol. The van der Waals surface area contributed by atoms with Gasteiger partial charge in [0.2, 0.25) is 0 Å². The Kier molecular flexibility index (Phi) is 3.82. The summed E-state index contributed by atoms with van der Waals surface area (Å²) in [5.41, 5.74) is 5.90. The van der Waals surface area contributed by atoms with E-state index in [-0.39, 0.29) is 6.04 Å². The van der Waals surface area contributed by atoms with Gasteiger partial charge in [-0.1, -0.05) is 13.8 Å². The van der Waals surface area contributed by atoms with Gasteiger partial charge in [0.1, 0.15) is 5.76 Å². The highest BCUT2D eigenvalue weighted by atomic mass is 35.5. The Hall–Kier alpha value is -0.470. The van der Waals surface area contributed by atoms with Crippen LogP contribution in [0.3, 0.4) is 0 Å². The molecule has 1 atom stereocenters. The van der Waals surface area contributed by atoms with Crippen molar-refractivity contribution in [2.45, 2.75) is 32.7 Å². The molecule has 13 heavy (non-hydrogen) atoms. The second-order valence-corrected chi connectivity index (χ2v) is 4.09. The van der Waals surface area contributed by atoms with E-state index in [1.807, 2.05) is 6.07 Å². The number of halogens is 1.